The van der Waals surface area contributed by atoms with Crippen LogP contribution in [0.15, 0.2) is 30.3 Å². The first-order valence-electron chi connectivity index (χ1n) is 7.25. The molecule has 2 unspecified atom stereocenters. The second-order valence-electron chi connectivity index (χ2n) is 5.55. The Kier molecular flexibility index (Phi) is 5.56. The van der Waals surface area contributed by atoms with E-state index in [0.29, 0.717) is 5.92 Å². The number of hydrogen-bond acceptors (Lipinski definition) is 4. The molecule has 2 rings (SSSR count). The summed E-state index contributed by atoms with van der Waals surface area (Å²) in [5, 5.41) is 3.38. The quantitative estimate of drug-likeness (QED) is 0.833. The first kappa shape index (κ1) is 15.0. The lowest BCUT2D eigenvalue weighted by atomic mass is 9.97. The highest BCUT2D eigenvalue weighted by Crippen LogP contribution is 2.18. The number of methoxy groups -OCH3 is 1. The van der Waals surface area contributed by atoms with Crippen LogP contribution in [0.4, 0.5) is 0 Å². The highest BCUT2D eigenvalue weighted by Gasteiger charge is 2.23. The van der Waals surface area contributed by atoms with Crippen LogP contribution < -0.4 is 5.32 Å². The maximum absolute atomic E-state index is 12.0. The highest BCUT2D eigenvalue weighted by molar-refractivity contribution is 5.77. The van der Waals surface area contributed by atoms with Gasteiger partial charge in [-0.25, -0.2) is 4.79 Å². The molecule has 1 aromatic rings. The Labute approximate surface area is 121 Å². The number of hydrogen-bond donors (Lipinski definition) is 1. The summed E-state index contributed by atoms with van der Waals surface area (Å²) >= 11 is 0. The van der Waals surface area contributed by atoms with E-state index in [-0.39, 0.29) is 12.0 Å². The van der Waals surface area contributed by atoms with Crippen molar-refractivity contribution in [3.63, 3.8) is 0 Å². The van der Waals surface area contributed by atoms with E-state index in [1.54, 1.807) is 0 Å². The van der Waals surface area contributed by atoms with Gasteiger partial charge in [0, 0.05) is 13.1 Å². The van der Waals surface area contributed by atoms with E-state index in [1.165, 1.54) is 26.5 Å². The average Bonchev–Trinajstić information content (AvgIpc) is 2.48. The average molecular weight is 276 g/mol. The largest absolute Gasteiger partial charge is 0.468 e. The van der Waals surface area contributed by atoms with E-state index in [4.69, 9.17) is 4.74 Å². The predicted molar refractivity (Wildman–Crippen MR) is 79.4 cm³/mol. The SMILES string of the molecule is COC(=O)C(NCC1CCCN(C)C1)c1ccccc1. The Bertz CT molecular complexity index is 422. The molecule has 20 heavy (non-hydrogen) atoms. The highest BCUT2D eigenvalue weighted by atomic mass is 16.5. The molecule has 110 valence electrons. The first-order valence-corrected chi connectivity index (χ1v) is 7.25. The zero-order chi connectivity index (χ0) is 14.4. The minimum Gasteiger partial charge on any atom is -0.468 e. The molecule has 0 aromatic heterocycles. The molecule has 1 heterocycles. The zero-order valence-electron chi connectivity index (χ0n) is 12.3. The van der Waals surface area contributed by atoms with Gasteiger partial charge in [-0.15, -0.1) is 0 Å². The Morgan fingerprint density at radius 2 is 2.20 bits per heavy atom. The summed E-state index contributed by atoms with van der Waals surface area (Å²) in [6.45, 7) is 3.12. The molecule has 0 aliphatic carbocycles. The van der Waals surface area contributed by atoms with Crippen LogP contribution in [0.25, 0.3) is 0 Å². The number of rotatable bonds is 5. The molecule has 1 aliphatic heterocycles. The molecule has 0 radical (unpaired) electrons. The summed E-state index contributed by atoms with van der Waals surface area (Å²) in [5.41, 5.74) is 0.962. The monoisotopic (exact) mass is 276 g/mol. The molecule has 0 spiro atoms. The zero-order valence-corrected chi connectivity index (χ0v) is 12.3. The normalized spacial score (nSPS) is 21.4. The number of piperidine rings is 1. The molecular formula is C16H24N2O2. The van der Waals surface area contributed by atoms with Crippen LogP contribution in [0.2, 0.25) is 0 Å². The molecule has 1 saturated heterocycles. The third kappa shape index (κ3) is 4.05. The van der Waals surface area contributed by atoms with Crippen molar-refractivity contribution in [2.24, 2.45) is 5.92 Å². The number of ether oxygens (including phenoxy) is 1. The van der Waals surface area contributed by atoms with Gasteiger partial charge in [-0.05, 0) is 37.9 Å². The fourth-order valence-corrected chi connectivity index (χ4v) is 2.82. The van der Waals surface area contributed by atoms with Crippen LogP contribution in [-0.4, -0.2) is 44.7 Å². The molecule has 4 heteroatoms. The molecule has 1 aliphatic rings. The smallest absolute Gasteiger partial charge is 0.327 e. The minimum atomic E-state index is -0.367. The van der Waals surface area contributed by atoms with Crippen molar-refractivity contribution in [2.45, 2.75) is 18.9 Å². The van der Waals surface area contributed by atoms with Crippen molar-refractivity contribution in [2.75, 3.05) is 33.8 Å². The number of esters is 1. The van der Waals surface area contributed by atoms with E-state index in [1.807, 2.05) is 30.3 Å². The van der Waals surface area contributed by atoms with Gasteiger partial charge in [0.25, 0.3) is 0 Å². The van der Waals surface area contributed by atoms with E-state index in [0.717, 1.165) is 18.7 Å². The maximum Gasteiger partial charge on any atom is 0.327 e. The molecule has 0 amide bonds. The molecule has 0 saturated carbocycles. The summed E-state index contributed by atoms with van der Waals surface area (Å²) in [7, 11) is 3.59. The number of carbonyl (C=O) groups excluding carboxylic acids is 1. The molecule has 1 aromatic carbocycles. The van der Waals surface area contributed by atoms with Gasteiger partial charge in [-0.3, -0.25) is 0 Å². The maximum atomic E-state index is 12.0. The van der Waals surface area contributed by atoms with Gasteiger partial charge >= 0.3 is 5.97 Å². The Balaban J connectivity index is 1.96. The molecule has 1 fully saturated rings. The van der Waals surface area contributed by atoms with Crippen LogP contribution in [0.1, 0.15) is 24.4 Å². The van der Waals surface area contributed by atoms with Gasteiger partial charge in [0.2, 0.25) is 0 Å². The molecular weight excluding hydrogens is 252 g/mol. The van der Waals surface area contributed by atoms with Crippen LogP contribution in [0.3, 0.4) is 0 Å². The summed E-state index contributed by atoms with van der Waals surface area (Å²) in [6.07, 6.45) is 2.46. The van der Waals surface area contributed by atoms with Crippen LogP contribution in [0.5, 0.6) is 0 Å². The second-order valence-corrected chi connectivity index (χ2v) is 5.55. The summed E-state index contributed by atoms with van der Waals surface area (Å²) in [4.78, 5) is 14.3. The van der Waals surface area contributed by atoms with Crippen molar-refractivity contribution < 1.29 is 9.53 Å². The van der Waals surface area contributed by atoms with Gasteiger partial charge < -0.3 is 15.0 Å². The van der Waals surface area contributed by atoms with Crippen LogP contribution in [0, 0.1) is 5.92 Å². The standard InChI is InChI=1S/C16H24N2O2/c1-18-10-6-7-13(12-18)11-17-15(16(19)20-2)14-8-4-3-5-9-14/h3-5,8-9,13,15,17H,6-7,10-12H2,1-2H3. The van der Waals surface area contributed by atoms with Gasteiger partial charge in [0.1, 0.15) is 6.04 Å². The van der Waals surface area contributed by atoms with Crippen molar-refractivity contribution in [3.05, 3.63) is 35.9 Å². The fraction of sp³-hybridized carbons (Fsp3) is 0.562. The Morgan fingerprint density at radius 3 is 2.85 bits per heavy atom. The van der Waals surface area contributed by atoms with Gasteiger partial charge in [-0.2, -0.15) is 0 Å². The van der Waals surface area contributed by atoms with Crippen LogP contribution >= 0.6 is 0 Å². The second kappa shape index (κ2) is 7.41. The third-order valence-electron chi connectivity index (χ3n) is 3.90. The molecule has 2 atom stereocenters. The van der Waals surface area contributed by atoms with Gasteiger partial charge in [-0.1, -0.05) is 30.3 Å². The van der Waals surface area contributed by atoms with Crippen molar-refractivity contribution in [1.82, 2.24) is 10.2 Å². The van der Waals surface area contributed by atoms with Gasteiger partial charge in [0.15, 0.2) is 0 Å². The first-order chi connectivity index (χ1) is 9.70. The third-order valence-corrected chi connectivity index (χ3v) is 3.90. The lowest BCUT2D eigenvalue weighted by Gasteiger charge is -2.30. The molecule has 0 bridgehead atoms. The van der Waals surface area contributed by atoms with E-state index in [2.05, 4.69) is 17.3 Å². The van der Waals surface area contributed by atoms with Gasteiger partial charge in [0.05, 0.1) is 7.11 Å². The topological polar surface area (TPSA) is 41.6 Å². The molecule has 1 N–H and O–H groups in total. The summed E-state index contributed by atoms with van der Waals surface area (Å²) in [6, 6.07) is 9.40. The Hall–Kier alpha value is -1.39. The number of benzene rings is 1. The lowest BCUT2D eigenvalue weighted by Crippen LogP contribution is -2.40. The fourth-order valence-electron chi connectivity index (χ4n) is 2.82. The van der Waals surface area contributed by atoms with Crippen molar-refractivity contribution in [1.29, 1.82) is 0 Å². The van der Waals surface area contributed by atoms with Crippen molar-refractivity contribution >= 4 is 5.97 Å². The summed E-state index contributed by atoms with van der Waals surface area (Å²) < 4.78 is 4.92. The van der Waals surface area contributed by atoms with E-state index < -0.39 is 0 Å². The number of nitrogens with zero attached hydrogens (tertiary/aromatic N) is 1. The van der Waals surface area contributed by atoms with Crippen LogP contribution in [-0.2, 0) is 9.53 Å². The number of nitrogens with one attached hydrogen (secondary N) is 1. The van der Waals surface area contributed by atoms with Crippen molar-refractivity contribution in [3.8, 4) is 0 Å². The molecule has 4 nitrogen and oxygen atoms in total. The summed E-state index contributed by atoms with van der Waals surface area (Å²) in [5.74, 6) is 0.380. The number of likely N-dealkylation sites (tertiary alicyclic amines) is 1. The van der Waals surface area contributed by atoms with E-state index >= 15 is 0 Å². The predicted octanol–water partition coefficient (Wildman–Crippen LogP) is 1.83. The number of carbonyl (C=O) groups is 1. The minimum absolute atomic E-state index is 0.222. The Morgan fingerprint density at radius 1 is 1.45 bits per heavy atom. The van der Waals surface area contributed by atoms with E-state index in [9.17, 15) is 4.79 Å². The lowest BCUT2D eigenvalue weighted by molar-refractivity contribution is -0.143.